The number of hydrogen-bond acceptors (Lipinski definition) is 6. The largest absolute Gasteiger partial charge is 0.370 e. The Bertz CT molecular complexity index is 780. The third-order valence-electron chi connectivity index (χ3n) is 4.17. The van der Waals surface area contributed by atoms with Crippen LogP contribution >= 0.6 is 0 Å². The second kappa shape index (κ2) is 7.87. The van der Waals surface area contributed by atoms with Crippen molar-refractivity contribution in [2.24, 2.45) is 0 Å². The molecule has 0 bridgehead atoms. The van der Waals surface area contributed by atoms with E-state index in [0.29, 0.717) is 5.69 Å². The summed E-state index contributed by atoms with van der Waals surface area (Å²) in [4.78, 5) is 34.7. The Morgan fingerprint density at radius 2 is 1.96 bits per heavy atom. The van der Waals surface area contributed by atoms with Gasteiger partial charge in [0.25, 0.3) is 5.56 Å². The van der Waals surface area contributed by atoms with Crippen molar-refractivity contribution in [3.63, 3.8) is 0 Å². The lowest BCUT2D eigenvalue weighted by Gasteiger charge is -2.28. The first kappa shape index (κ1) is 17.1. The van der Waals surface area contributed by atoms with Crippen molar-refractivity contribution in [3.8, 4) is 0 Å². The second-order valence-electron chi connectivity index (χ2n) is 6.18. The van der Waals surface area contributed by atoms with Gasteiger partial charge in [0.1, 0.15) is 6.54 Å². The molecule has 1 fully saturated rings. The first-order valence-electron chi connectivity index (χ1n) is 8.48. The SMILES string of the molecule is Cc1cnc(CNC(=O)Cn2ncc(N3CCCCC3)cc2=O)cn1. The standard InChI is InChI=1S/C17H22N6O2/c1-13-8-19-14(9-18-13)10-20-16(24)12-23-17(25)7-15(11-21-23)22-5-3-2-4-6-22/h7-9,11H,2-6,10,12H2,1H3,(H,20,24). The Kier molecular flexibility index (Phi) is 5.37. The van der Waals surface area contributed by atoms with Gasteiger partial charge < -0.3 is 10.2 Å². The van der Waals surface area contributed by atoms with E-state index in [1.807, 2.05) is 6.92 Å². The topological polar surface area (TPSA) is 93.0 Å². The fourth-order valence-electron chi connectivity index (χ4n) is 2.76. The molecule has 1 saturated heterocycles. The lowest BCUT2D eigenvalue weighted by molar-refractivity contribution is -0.122. The van der Waals surface area contributed by atoms with Gasteiger partial charge in [-0.05, 0) is 26.2 Å². The minimum atomic E-state index is -0.289. The van der Waals surface area contributed by atoms with E-state index in [2.05, 4.69) is 25.3 Å². The van der Waals surface area contributed by atoms with E-state index < -0.39 is 0 Å². The molecule has 0 unspecified atom stereocenters. The first-order valence-corrected chi connectivity index (χ1v) is 8.48. The lowest BCUT2D eigenvalue weighted by Crippen LogP contribution is -2.35. The number of aromatic nitrogens is 4. The van der Waals surface area contributed by atoms with Crippen LogP contribution in [0.1, 0.15) is 30.7 Å². The number of carbonyl (C=O) groups excluding carboxylic acids is 1. The van der Waals surface area contributed by atoms with Crippen molar-refractivity contribution in [3.05, 3.63) is 46.4 Å². The van der Waals surface area contributed by atoms with Gasteiger partial charge in [0.05, 0.1) is 36.0 Å². The van der Waals surface area contributed by atoms with E-state index in [1.165, 1.54) is 11.1 Å². The molecule has 1 aliphatic rings. The van der Waals surface area contributed by atoms with Crippen molar-refractivity contribution in [1.29, 1.82) is 0 Å². The number of nitrogens with zero attached hydrogens (tertiary/aromatic N) is 5. The van der Waals surface area contributed by atoms with E-state index in [9.17, 15) is 9.59 Å². The summed E-state index contributed by atoms with van der Waals surface area (Å²) in [6, 6.07) is 1.55. The summed E-state index contributed by atoms with van der Waals surface area (Å²) in [6.45, 7) is 3.90. The van der Waals surface area contributed by atoms with Gasteiger partial charge in [-0.1, -0.05) is 0 Å². The molecule has 0 saturated carbocycles. The van der Waals surface area contributed by atoms with Gasteiger partial charge in [-0.15, -0.1) is 0 Å². The summed E-state index contributed by atoms with van der Waals surface area (Å²) in [5, 5.41) is 6.85. The average molecular weight is 342 g/mol. The lowest BCUT2D eigenvalue weighted by atomic mass is 10.1. The number of anilines is 1. The van der Waals surface area contributed by atoms with Crippen LogP contribution in [0, 0.1) is 6.92 Å². The van der Waals surface area contributed by atoms with Crippen LogP contribution in [0.25, 0.3) is 0 Å². The smallest absolute Gasteiger partial charge is 0.269 e. The van der Waals surface area contributed by atoms with Crippen LogP contribution in [-0.4, -0.2) is 38.7 Å². The van der Waals surface area contributed by atoms with Crippen molar-refractivity contribution in [1.82, 2.24) is 25.1 Å². The summed E-state index contributed by atoms with van der Waals surface area (Å²) in [5.74, 6) is -0.289. The van der Waals surface area contributed by atoms with Crippen LogP contribution in [-0.2, 0) is 17.9 Å². The van der Waals surface area contributed by atoms with Gasteiger partial charge in [-0.25, -0.2) is 4.68 Å². The summed E-state index contributed by atoms with van der Waals surface area (Å²) in [5.41, 5.74) is 2.05. The molecule has 132 valence electrons. The summed E-state index contributed by atoms with van der Waals surface area (Å²) in [6.07, 6.45) is 8.42. The molecule has 1 aliphatic heterocycles. The third kappa shape index (κ3) is 4.62. The van der Waals surface area contributed by atoms with Crippen molar-refractivity contribution in [2.75, 3.05) is 18.0 Å². The van der Waals surface area contributed by atoms with E-state index >= 15 is 0 Å². The molecule has 2 aromatic rings. The second-order valence-corrected chi connectivity index (χ2v) is 6.18. The average Bonchev–Trinajstić information content (AvgIpc) is 2.64. The molecule has 3 heterocycles. The van der Waals surface area contributed by atoms with Gasteiger partial charge in [0.2, 0.25) is 5.91 Å². The highest BCUT2D eigenvalue weighted by Crippen LogP contribution is 2.16. The van der Waals surface area contributed by atoms with Crippen molar-refractivity contribution < 1.29 is 4.79 Å². The summed E-state index contributed by atoms with van der Waals surface area (Å²) in [7, 11) is 0. The molecule has 1 N–H and O–H groups in total. The van der Waals surface area contributed by atoms with E-state index in [1.54, 1.807) is 24.7 Å². The quantitative estimate of drug-likeness (QED) is 0.857. The fourth-order valence-corrected chi connectivity index (χ4v) is 2.76. The molecule has 2 aromatic heterocycles. The number of nitrogens with one attached hydrogen (secondary N) is 1. The molecule has 25 heavy (non-hydrogen) atoms. The number of amides is 1. The molecule has 8 nitrogen and oxygen atoms in total. The van der Waals surface area contributed by atoms with Crippen LogP contribution < -0.4 is 15.8 Å². The highest BCUT2D eigenvalue weighted by Gasteiger charge is 2.13. The minimum Gasteiger partial charge on any atom is -0.370 e. The highest BCUT2D eigenvalue weighted by molar-refractivity contribution is 5.75. The number of piperidine rings is 1. The molecule has 0 spiro atoms. The number of rotatable bonds is 5. The van der Waals surface area contributed by atoms with Gasteiger partial charge in [0, 0.05) is 25.4 Å². The van der Waals surface area contributed by atoms with E-state index in [4.69, 9.17) is 0 Å². The van der Waals surface area contributed by atoms with Crippen LogP contribution in [0.4, 0.5) is 5.69 Å². The molecular weight excluding hydrogens is 320 g/mol. The Labute approximate surface area is 145 Å². The summed E-state index contributed by atoms with van der Waals surface area (Å²) < 4.78 is 1.17. The molecule has 0 radical (unpaired) electrons. The molecule has 1 amide bonds. The van der Waals surface area contributed by atoms with Crippen LogP contribution in [0.5, 0.6) is 0 Å². The highest BCUT2D eigenvalue weighted by atomic mass is 16.2. The van der Waals surface area contributed by atoms with Gasteiger partial charge in [0.15, 0.2) is 0 Å². The maximum atomic E-state index is 12.2. The molecule has 3 rings (SSSR count). The van der Waals surface area contributed by atoms with Gasteiger partial charge in [-0.2, -0.15) is 5.10 Å². The van der Waals surface area contributed by atoms with Gasteiger partial charge >= 0.3 is 0 Å². The van der Waals surface area contributed by atoms with Crippen LogP contribution in [0.2, 0.25) is 0 Å². The van der Waals surface area contributed by atoms with Crippen molar-refractivity contribution >= 4 is 11.6 Å². The van der Waals surface area contributed by atoms with E-state index in [0.717, 1.165) is 37.3 Å². The third-order valence-corrected chi connectivity index (χ3v) is 4.17. The fraction of sp³-hybridized carbons (Fsp3) is 0.471. The maximum absolute atomic E-state index is 12.2. The predicted molar refractivity (Wildman–Crippen MR) is 93.2 cm³/mol. The zero-order valence-electron chi connectivity index (χ0n) is 14.3. The Hall–Kier alpha value is -2.77. The minimum absolute atomic E-state index is 0.113. The number of aryl methyl sites for hydroxylation is 1. The normalized spacial score (nSPS) is 14.4. The molecule has 8 heteroatoms. The number of carbonyl (C=O) groups is 1. The van der Waals surface area contributed by atoms with Crippen LogP contribution in [0.3, 0.4) is 0 Å². The molecule has 0 aromatic carbocycles. The predicted octanol–water partition coefficient (Wildman–Crippen LogP) is 0.648. The molecular formula is C17H22N6O2. The maximum Gasteiger partial charge on any atom is 0.269 e. The monoisotopic (exact) mass is 342 g/mol. The van der Waals surface area contributed by atoms with Crippen LogP contribution in [0.15, 0.2) is 29.5 Å². The first-order chi connectivity index (χ1) is 12.1. The molecule has 0 aliphatic carbocycles. The number of hydrogen-bond donors (Lipinski definition) is 1. The Morgan fingerprint density at radius 3 is 2.64 bits per heavy atom. The van der Waals surface area contributed by atoms with E-state index in [-0.39, 0.29) is 24.6 Å². The van der Waals surface area contributed by atoms with Crippen molar-refractivity contribution in [2.45, 2.75) is 39.3 Å². The molecule has 0 atom stereocenters. The van der Waals surface area contributed by atoms with Gasteiger partial charge in [-0.3, -0.25) is 19.6 Å². The zero-order chi connectivity index (χ0) is 17.6. The Morgan fingerprint density at radius 1 is 1.16 bits per heavy atom. The summed E-state index contributed by atoms with van der Waals surface area (Å²) >= 11 is 0. The Balaban J connectivity index is 1.57. The zero-order valence-corrected chi connectivity index (χ0v) is 14.3.